The first-order valence-corrected chi connectivity index (χ1v) is 6.24. The predicted octanol–water partition coefficient (Wildman–Crippen LogP) is 3.56. The van der Waals surface area contributed by atoms with Crippen molar-refractivity contribution >= 4 is 5.69 Å². The van der Waals surface area contributed by atoms with Gasteiger partial charge in [0.2, 0.25) is 0 Å². The third kappa shape index (κ3) is 2.89. The molecule has 94 valence electrons. The molecule has 2 rings (SSSR count). The molecule has 1 aromatic carbocycles. The number of hydrogen-bond donors (Lipinski definition) is 0. The van der Waals surface area contributed by atoms with Gasteiger partial charge in [0.15, 0.2) is 0 Å². The second-order valence-corrected chi connectivity index (χ2v) is 5.58. The maximum Gasteiger partial charge on any atom is 0.132 e. The summed E-state index contributed by atoms with van der Waals surface area (Å²) in [6.45, 7) is 6.66. The van der Waals surface area contributed by atoms with Gasteiger partial charge in [0.25, 0.3) is 0 Å². The van der Waals surface area contributed by atoms with Crippen LogP contribution in [0.15, 0.2) is 53.7 Å². The van der Waals surface area contributed by atoms with Crippen molar-refractivity contribution in [1.29, 1.82) is 0 Å². The van der Waals surface area contributed by atoms with Crippen LogP contribution in [-0.4, -0.2) is 4.57 Å². The smallest absolute Gasteiger partial charge is 0.132 e. The quantitative estimate of drug-likeness (QED) is 0.725. The van der Waals surface area contributed by atoms with E-state index in [1.807, 2.05) is 36.0 Å². The van der Waals surface area contributed by atoms with E-state index < -0.39 is 0 Å². The Kier molecular flexibility index (Phi) is 3.37. The topological polar surface area (TPSA) is 17.3 Å². The first-order chi connectivity index (χ1) is 8.47. The fourth-order valence-corrected chi connectivity index (χ4v) is 1.80. The Hall–Kier alpha value is -1.83. The number of benzene rings is 1. The molecule has 0 amide bonds. The molecule has 0 saturated carbocycles. The van der Waals surface area contributed by atoms with Crippen LogP contribution in [0.3, 0.4) is 0 Å². The molecule has 0 bridgehead atoms. The Morgan fingerprint density at radius 1 is 0.944 bits per heavy atom. The SMILES string of the molecule is Cn1ccccc1=Nc1ccc(C(C)(C)C)cc1. The van der Waals surface area contributed by atoms with E-state index in [4.69, 9.17) is 0 Å². The Labute approximate surface area is 109 Å². The summed E-state index contributed by atoms with van der Waals surface area (Å²) >= 11 is 0. The minimum atomic E-state index is 0.190. The summed E-state index contributed by atoms with van der Waals surface area (Å²) in [6, 6.07) is 14.5. The Morgan fingerprint density at radius 2 is 1.61 bits per heavy atom. The lowest BCUT2D eigenvalue weighted by atomic mass is 9.87. The summed E-state index contributed by atoms with van der Waals surface area (Å²) in [5, 5.41) is 0. The van der Waals surface area contributed by atoms with Crippen molar-refractivity contribution in [3.8, 4) is 0 Å². The van der Waals surface area contributed by atoms with E-state index in [-0.39, 0.29) is 5.41 Å². The molecule has 1 heterocycles. The van der Waals surface area contributed by atoms with E-state index in [9.17, 15) is 0 Å². The van der Waals surface area contributed by atoms with Gasteiger partial charge < -0.3 is 4.57 Å². The Morgan fingerprint density at radius 3 is 2.17 bits per heavy atom. The van der Waals surface area contributed by atoms with E-state index >= 15 is 0 Å². The van der Waals surface area contributed by atoms with Crippen LogP contribution in [-0.2, 0) is 12.5 Å². The molecular formula is C16H20N2. The number of aromatic nitrogens is 1. The second-order valence-electron chi connectivity index (χ2n) is 5.58. The molecule has 2 heteroatoms. The van der Waals surface area contributed by atoms with Crippen LogP contribution in [0.25, 0.3) is 0 Å². The molecule has 2 aromatic rings. The van der Waals surface area contributed by atoms with Gasteiger partial charge in [-0.25, -0.2) is 4.99 Å². The molecule has 2 nitrogen and oxygen atoms in total. The zero-order chi connectivity index (χ0) is 13.2. The van der Waals surface area contributed by atoms with Gasteiger partial charge in [0, 0.05) is 13.2 Å². The number of pyridine rings is 1. The van der Waals surface area contributed by atoms with Crippen LogP contribution in [0.1, 0.15) is 26.3 Å². The Balaban J connectivity index is 2.38. The summed E-state index contributed by atoms with van der Waals surface area (Å²) in [5.41, 5.74) is 3.47. The maximum absolute atomic E-state index is 4.63. The van der Waals surface area contributed by atoms with Gasteiger partial charge in [-0.1, -0.05) is 39.0 Å². The second kappa shape index (κ2) is 4.81. The van der Waals surface area contributed by atoms with Crippen molar-refractivity contribution in [2.45, 2.75) is 26.2 Å². The normalized spacial score (nSPS) is 12.8. The summed E-state index contributed by atoms with van der Waals surface area (Å²) in [6.07, 6.45) is 2.00. The van der Waals surface area contributed by atoms with Crippen molar-refractivity contribution in [3.05, 3.63) is 59.7 Å². The van der Waals surface area contributed by atoms with Crippen molar-refractivity contribution in [2.24, 2.45) is 12.0 Å². The summed E-state index contributed by atoms with van der Waals surface area (Å²) in [5.74, 6) is 0. The van der Waals surface area contributed by atoms with Crippen molar-refractivity contribution in [3.63, 3.8) is 0 Å². The maximum atomic E-state index is 4.63. The summed E-state index contributed by atoms with van der Waals surface area (Å²) in [7, 11) is 2.00. The number of rotatable bonds is 1. The molecule has 0 aliphatic heterocycles. The largest absolute Gasteiger partial charge is 0.336 e. The highest BCUT2D eigenvalue weighted by Crippen LogP contribution is 2.24. The lowest BCUT2D eigenvalue weighted by molar-refractivity contribution is 0.590. The first kappa shape index (κ1) is 12.6. The number of nitrogens with zero attached hydrogens (tertiary/aromatic N) is 2. The van der Waals surface area contributed by atoms with Crippen LogP contribution < -0.4 is 5.49 Å². The lowest BCUT2D eigenvalue weighted by Crippen LogP contribution is -2.15. The molecule has 0 saturated heterocycles. The van der Waals surface area contributed by atoms with Crippen LogP contribution in [0, 0.1) is 0 Å². The van der Waals surface area contributed by atoms with E-state index in [0.29, 0.717) is 0 Å². The van der Waals surface area contributed by atoms with Gasteiger partial charge in [-0.2, -0.15) is 0 Å². The van der Waals surface area contributed by atoms with Crippen molar-refractivity contribution in [2.75, 3.05) is 0 Å². The highest BCUT2D eigenvalue weighted by atomic mass is 15.0. The third-order valence-electron chi connectivity index (χ3n) is 3.00. The average Bonchev–Trinajstić information content (AvgIpc) is 2.32. The molecule has 0 fully saturated rings. The van der Waals surface area contributed by atoms with Crippen LogP contribution >= 0.6 is 0 Å². The van der Waals surface area contributed by atoms with Gasteiger partial charge in [0.1, 0.15) is 5.49 Å². The number of hydrogen-bond acceptors (Lipinski definition) is 1. The van der Waals surface area contributed by atoms with E-state index in [1.54, 1.807) is 0 Å². The van der Waals surface area contributed by atoms with Gasteiger partial charge in [-0.05, 0) is 35.2 Å². The fraction of sp³-hybridized carbons (Fsp3) is 0.312. The zero-order valence-corrected chi connectivity index (χ0v) is 11.5. The highest BCUT2D eigenvalue weighted by molar-refractivity contribution is 5.40. The molecule has 0 spiro atoms. The van der Waals surface area contributed by atoms with Gasteiger partial charge in [0.05, 0.1) is 5.69 Å². The van der Waals surface area contributed by atoms with Crippen molar-refractivity contribution in [1.82, 2.24) is 4.57 Å². The lowest BCUT2D eigenvalue weighted by Gasteiger charge is -2.18. The van der Waals surface area contributed by atoms with Crippen LogP contribution in [0.4, 0.5) is 5.69 Å². The van der Waals surface area contributed by atoms with E-state index in [0.717, 1.165) is 11.2 Å². The molecule has 0 unspecified atom stereocenters. The van der Waals surface area contributed by atoms with Gasteiger partial charge in [-0.15, -0.1) is 0 Å². The molecule has 0 N–H and O–H groups in total. The van der Waals surface area contributed by atoms with Crippen LogP contribution in [0.2, 0.25) is 0 Å². The van der Waals surface area contributed by atoms with Crippen LogP contribution in [0.5, 0.6) is 0 Å². The molecule has 0 atom stereocenters. The molecule has 0 aliphatic carbocycles. The Bertz CT molecular complexity index is 583. The van der Waals surface area contributed by atoms with Gasteiger partial charge >= 0.3 is 0 Å². The molecule has 18 heavy (non-hydrogen) atoms. The predicted molar refractivity (Wildman–Crippen MR) is 75.8 cm³/mol. The zero-order valence-electron chi connectivity index (χ0n) is 11.5. The molecular weight excluding hydrogens is 220 g/mol. The highest BCUT2D eigenvalue weighted by Gasteiger charge is 2.12. The first-order valence-electron chi connectivity index (χ1n) is 6.24. The average molecular weight is 240 g/mol. The van der Waals surface area contributed by atoms with E-state index in [1.165, 1.54) is 5.56 Å². The van der Waals surface area contributed by atoms with E-state index in [2.05, 4.69) is 50.0 Å². The third-order valence-corrected chi connectivity index (χ3v) is 3.00. The van der Waals surface area contributed by atoms with Gasteiger partial charge in [-0.3, -0.25) is 0 Å². The summed E-state index contributed by atoms with van der Waals surface area (Å²) < 4.78 is 2.01. The molecule has 0 radical (unpaired) electrons. The summed E-state index contributed by atoms with van der Waals surface area (Å²) in [4.78, 5) is 4.63. The monoisotopic (exact) mass is 240 g/mol. The van der Waals surface area contributed by atoms with Crippen molar-refractivity contribution < 1.29 is 0 Å². The minimum absolute atomic E-state index is 0.190. The molecule has 1 aromatic heterocycles. The minimum Gasteiger partial charge on any atom is -0.336 e. The standard InChI is InChI=1S/C16H20N2/c1-16(2,3)13-8-10-14(11-9-13)17-15-7-5-6-12-18(15)4/h5-12H,1-4H3. The fourth-order valence-electron chi connectivity index (χ4n) is 1.80. The molecule has 0 aliphatic rings. The number of aryl methyl sites for hydroxylation is 1.